The minimum absolute atomic E-state index is 0.127. The summed E-state index contributed by atoms with van der Waals surface area (Å²) in [5.74, 6) is 0.136. The average Bonchev–Trinajstić information content (AvgIpc) is 2.98. The lowest BCUT2D eigenvalue weighted by Crippen LogP contribution is -2.30. The van der Waals surface area contributed by atoms with E-state index in [9.17, 15) is 18.5 Å². The Bertz CT molecular complexity index is 626. The average molecular weight is 315 g/mol. The first-order valence-corrected chi connectivity index (χ1v) is 7.96. The third-order valence-corrected chi connectivity index (χ3v) is 4.78. The molecule has 21 heavy (non-hydrogen) atoms. The first-order chi connectivity index (χ1) is 9.94. The Kier molecular flexibility index (Phi) is 4.76. The number of hydrogen-bond acceptors (Lipinski definition) is 6. The maximum absolute atomic E-state index is 12.3. The van der Waals surface area contributed by atoms with Gasteiger partial charge in [-0.3, -0.25) is 10.1 Å². The van der Waals surface area contributed by atoms with Gasteiger partial charge in [0.25, 0.3) is 5.69 Å². The molecule has 0 amide bonds. The third kappa shape index (κ3) is 3.69. The molecule has 1 heterocycles. The molecule has 0 radical (unpaired) electrons. The van der Waals surface area contributed by atoms with Crippen molar-refractivity contribution in [2.75, 3.05) is 32.1 Å². The van der Waals surface area contributed by atoms with Gasteiger partial charge in [0.15, 0.2) is 0 Å². The number of nitro benzene ring substituents is 1. The molecule has 2 N–H and O–H groups in total. The number of benzene rings is 1. The van der Waals surface area contributed by atoms with Crippen LogP contribution in [0.3, 0.4) is 0 Å². The zero-order valence-electron chi connectivity index (χ0n) is 11.5. The predicted octanol–water partition coefficient (Wildman–Crippen LogP) is 0.951. The van der Waals surface area contributed by atoms with Crippen LogP contribution in [-0.2, 0) is 14.8 Å². The molecule has 1 aromatic rings. The highest BCUT2D eigenvalue weighted by Gasteiger charge is 2.24. The monoisotopic (exact) mass is 315 g/mol. The maximum Gasteiger partial charge on any atom is 0.270 e. The summed E-state index contributed by atoms with van der Waals surface area (Å²) in [6.45, 7) is 1.41. The lowest BCUT2D eigenvalue weighted by atomic mass is 10.1. The minimum Gasteiger partial charge on any atom is -0.387 e. The number of rotatable bonds is 6. The van der Waals surface area contributed by atoms with E-state index in [-0.39, 0.29) is 23.0 Å². The summed E-state index contributed by atoms with van der Waals surface area (Å²) in [4.78, 5) is 10.1. The molecule has 1 atom stereocenters. The van der Waals surface area contributed by atoms with E-state index in [4.69, 9.17) is 4.74 Å². The topological polar surface area (TPSA) is 111 Å². The summed E-state index contributed by atoms with van der Waals surface area (Å²) in [5.41, 5.74) is 0.0503. The highest BCUT2D eigenvalue weighted by Crippen LogP contribution is 2.26. The van der Waals surface area contributed by atoms with Crippen LogP contribution in [0.15, 0.2) is 23.1 Å². The number of nitrogens with zero attached hydrogens (tertiary/aromatic N) is 1. The summed E-state index contributed by atoms with van der Waals surface area (Å²) >= 11 is 0. The highest BCUT2D eigenvalue weighted by atomic mass is 32.2. The van der Waals surface area contributed by atoms with E-state index in [0.29, 0.717) is 18.9 Å². The Labute approximate surface area is 122 Å². The van der Waals surface area contributed by atoms with Crippen LogP contribution >= 0.6 is 0 Å². The lowest BCUT2D eigenvalue weighted by Gasteiger charge is -2.13. The van der Waals surface area contributed by atoms with Gasteiger partial charge in [0.05, 0.1) is 17.2 Å². The van der Waals surface area contributed by atoms with Gasteiger partial charge in [-0.05, 0) is 18.4 Å². The van der Waals surface area contributed by atoms with E-state index in [2.05, 4.69) is 10.0 Å². The first-order valence-electron chi connectivity index (χ1n) is 6.47. The van der Waals surface area contributed by atoms with Gasteiger partial charge in [-0.25, -0.2) is 13.1 Å². The predicted molar refractivity (Wildman–Crippen MR) is 76.8 cm³/mol. The highest BCUT2D eigenvalue weighted by molar-refractivity contribution is 7.89. The van der Waals surface area contributed by atoms with Crippen molar-refractivity contribution >= 4 is 21.4 Å². The van der Waals surface area contributed by atoms with Crippen LogP contribution in [0.5, 0.6) is 0 Å². The van der Waals surface area contributed by atoms with Crippen molar-refractivity contribution in [3.63, 3.8) is 0 Å². The van der Waals surface area contributed by atoms with E-state index >= 15 is 0 Å². The van der Waals surface area contributed by atoms with Gasteiger partial charge in [-0.2, -0.15) is 0 Å². The Morgan fingerprint density at radius 2 is 2.24 bits per heavy atom. The fourth-order valence-electron chi connectivity index (χ4n) is 2.10. The summed E-state index contributed by atoms with van der Waals surface area (Å²) in [6.07, 6.45) is 0.802. The van der Waals surface area contributed by atoms with Crippen LogP contribution in [0.1, 0.15) is 6.42 Å². The Balaban J connectivity index is 2.24. The second-order valence-corrected chi connectivity index (χ2v) is 6.50. The van der Waals surface area contributed by atoms with Crippen molar-refractivity contribution in [1.82, 2.24) is 4.72 Å². The quantitative estimate of drug-likeness (QED) is 0.597. The zero-order valence-corrected chi connectivity index (χ0v) is 12.4. The van der Waals surface area contributed by atoms with Crippen molar-refractivity contribution in [2.24, 2.45) is 5.92 Å². The fourth-order valence-corrected chi connectivity index (χ4v) is 3.45. The number of ether oxygens (including phenoxy) is 1. The van der Waals surface area contributed by atoms with Crippen LogP contribution in [0.25, 0.3) is 0 Å². The van der Waals surface area contributed by atoms with Crippen LogP contribution < -0.4 is 10.0 Å². The summed E-state index contributed by atoms with van der Waals surface area (Å²) in [5, 5.41) is 13.5. The molecule has 0 aliphatic carbocycles. The van der Waals surface area contributed by atoms with Crippen molar-refractivity contribution < 1.29 is 18.1 Å². The van der Waals surface area contributed by atoms with E-state index in [1.807, 2.05) is 0 Å². The van der Waals surface area contributed by atoms with Crippen molar-refractivity contribution in [1.29, 1.82) is 0 Å². The second-order valence-electron chi connectivity index (χ2n) is 4.77. The van der Waals surface area contributed by atoms with Gasteiger partial charge in [0.1, 0.15) is 4.90 Å². The molecule has 0 bridgehead atoms. The van der Waals surface area contributed by atoms with Crippen molar-refractivity contribution in [2.45, 2.75) is 11.3 Å². The summed E-state index contributed by atoms with van der Waals surface area (Å²) in [7, 11) is -2.26. The largest absolute Gasteiger partial charge is 0.387 e. The molecule has 1 saturated heterocycles. The molecule has 8 nitrogen and oxygen atoms in total. The van der Waals surface area contributed by atoms with Gasteiger partial charge in [0, 0.05) is 32.3 Å². The minimum atomic E-state index is -3.82. The van der Waals surface area contributed by atoms with Crippen LogP contribution in [0.2, 0.25) is 0 Å². The Hall–Kier alpha value is -1.71. The number of hydrogen-bond donors (Lipinski definition) is 2. The van der Waals surface area contributed by atoms with Crippen LogP contribution in [0.4, 0.5) is 11.4 Å². The fraction of sp³-hybridized carbons (Fsp3) is 0.500. The number of sulfonamides is 1. The third-order valence-electron chi connectivity index (χ3n) is 3.32. The molecule has 9 heteroatoms. The number of nitrogens with one attached hydrogen (secondary N) is 2. The van der Waals surface area contributed by atoms with Crippen molar-refractivity contribution in [3.8, 4) is 0 Å². The van der Waals surface area contributed by atoms with Gasteiger partial charge in [0.2, 0.25) is 10.0 Å². The number of anilines is 1. The smallest absolute Gasteiger partial charge is 0.270 e. The van der Waals surface area contributed by atoms with Crippen LogP contribution in [-0.4, -0.2) is 40.1 Å². The second kappa shape index (κ2) is 6.37. The molecule has 1 aromatic carbocycles. The molecular weight excluding hydrogens is 298 g/mol. The van der Waals surface area contributed by atoms with Gasteiger partial charge in [-0.15, -0.1) is 0 Å². The zero-order chi connectivity index (χ0) is 15.5. The molecule has 1 unspecified atom stereocenters. The standard InChI is InChI=1S/C12H17N3O5S/c1-13-11-3-2-10(15(16)17)6-12(11)21(18,19)14-7-9-4-5-20-8-9/h2-3,6,9,13-14H,4-5,7-8H2,1H3. The lowest BCUT2D eigenvalue weighted by molar-refractivity contribution is -0.385. The maximum atomic E-state index is 12.3. The van der Waals surface area contributed by atoms with Gasteiger partial charge in [-0.1, -0.05) is 0 Å². The van der Waals surface area contributed by atoms with E-state index in [1.54, 1.807) is 7.05 Å². The Morgan fingerprint density at radius 1 is 1.48 bits per heavy atom. The molecule has 0 spiro atoms. The van der Waals surface area contributed by atoms with Gasteiger partial charge >= 0.3 is 0 Å². The molecule has 2 rings (SSSR count). The van der Waals surface area contributed by atoms with E-state index in [1.165, 1.54) is 12.1 Å². The molecule has 1 aliphatic heterocycles. The molecule has 1 aliphatic rings. The SMILES string of the molecule is CNc1ccc([N+](=O)[O-])cc1S(=O)(=O)NCC1CCOC1. The van der Waals surface area contributed by atoms with E-state index < -0.39 is 14.9 Å². The van der Waals surface area contributed by atoms with Gasteiger partial charge < -0.3 is 10.1 Å². The molecule has 116 valence electrons. The first kappa shape index (κ1) is 15.7. The van der Waals surface area contributed by atoms with Crippen LogP contribution in [0, 0.1) is 16.0 Å². The summed E-state index contributed by atoms with van der Waals surface area (Å²) < 4.78 is 32.3. The summed E-state index contributed by atoms with van der Waals surface area (Å²) in [6, 6.07) is 3.69. The molecule has 0 aromatic heterocycles. The van der Waals surface area contributed by atoms with E-state index in [0.717, 1.165) is 12.5 Å². The molecule has 0 saturated carbocycles. The Morgan fingerprint density at radius 3 is 2.81 bits per heavy atom. The normalized spacial score (nSPS) is 18.6. The van der Waals surface area contributed by atoms with Crippen molar-refractivity contribution in [3.05, 3.63) is 28.3 Å². The molecule has 1 fully saturated rings. The number of nitro groups is 1. The molecular formula is C12H17N3O5S. The number of non-ortho nitro benzene ring substituents is 1.